The minimum absolute atomic E-state index is 0.00621. The van der Waals surface area contributed by atoms with Crippen molar-refractivity contribution in [2.45, 2.75) is 315 Å². The molecule has 1 amide bonds. The zero-order valence-electron chi connectivity index (χ0n) is 41.2. The first-order valence-corrected chi connectivity index (χ1v) is 27.5. The van der Waals surface area contributed by atoms with Crippen molar-refractivity contribution in [1.29, 1.82) is 0 Å². The maximum absolute atomic E-state index is 12.4. The van der Waals surface area contributed by atoms with Crippen molar-refractivity contribution in [3.63, 3.8) is 0 Å². The van der Waals surface area contributed by atoms with Crippen molar-refractivity contribution in [3.05, 3.63) is 12.2 Å². The monoisotopic (exact) mass is 862 g/mol. The molecule has 0 aromatic rings. The Bertz CT molecular complexity index is 909. The van der Waals surface area contributed by atoms with Gasteiger partial charge in [-0.1, -0.05) is 270 Å². The molecule has 362 valence electrons. The SMILES string of the molecule is CCCCCCCCCCCCCC/C=C/C(O)C(CO)NC(=O)CCCCCCCCCCCCCCCCCCCOC(=O)CCCCCCCCCCCCCCC. The maximum atomic E-state index is 12.4. The molecule has 0 aliphatic heterocycles. The summed E-state index contributed by atoms with van der Waals surface area (Å²) in [5.41, 5.74) is 0. The Kier molecular flexibility index (Phi) is 50.1. The molecule has 0 fully saturated rings. The number of carbonyl (C=O) groups excluding carboxylic acids is 2. The lowest BCUT2D eigenvalue weighted by atomic mass is 10.0. The van der Waals surface area contributed by atoms with Crippen LogP contribution in [0.15, 0.2) is 12.2 Å². The van der Waals surface area contributed by atoms with E-state index in [0.29, 0.717) is 19.4 Å². The second-order valence-electron chi connectivity index (χ2n) is 18.9. The molecular weight excluding hydrogens is 755 g/mol. The fourth-order valence-electron chi connectivity index (χ4n) is 8.58. The predicted octanol–water partition coefficient (Wildman–Crippen LogP) is 16.5. The quantitative estimate of drug-likeness (QED) is 0.0322. The predicted molar refractivity (Wildman–Crippen MR) is 264 cm³/mol. The lowest BCUT2D eigenvalue weighted by Crippen LogP contribution is -2.45. The number of carbonyl (C=O) groups is 2. The molecule has 6 nitrogen and oxygen atoms in total. The van der Waals surface area contributed by atoms with Gasteiger partial charge in [0.2, 0.25) is 5.91 Å². The van der Waals surface area contributed by atoms with Crippen molar-refractivity contribution < 1.29 is 24.5 Å². The van der Waals surface area contributed by atoms with E-state index >= 15 is 0 Å². The Morgan fingerprint density at radius 2 is 0.754 bits per heavy atom. The lowest BCUT2D eigenvalue weighted by Gasteiger charge is -2.20. The Morgan fingerprint density at radius 3 is 1.11 bits per heavy atom. The highest BCUT2D eigenvalue weighted by Crippen LogP contribution is 2.17. The van der Waals surface area contributed by atoms with Gasteiger partial charge in [-0.2, -0.15) is 0 Å². The molecule has 0 aromatic carbocycles. The van der Waals surface area contributed by atoms with Gasteiger partial charge < -0.3 is 20.3 Å². The van der Waals surface area contributed by atoms with E-state index in [9.17, 15) is 19.8 Å². The fraction of sp³-hybridized carbons (Fsp3) is 0.927. The second-order valence-corrected chi connectivity index (χ2v) is 18.9. The van der Waals surface area contributed by atoms with Crippen molar-refractivity contribution in [3.8, 4) is 0 Å². The Hall–Kier alpha value is -1.40. The van der Waals surface area contributed by atoms with Crippen LogP contribution in [0, 0.1) is 0 Å². The van der Waals surface area contributed by atoms with Crippen LogP contribution in [-0.4, -0.2) is 47.4 Å². The molecule has 0 bridgehead atoms. The van der Waals surface area contributed by atoms with E-state index in [1.807, 2.05) is 6.08 Å². The fourth-order valence-corrected chi connectivity index (χ4v) is 8.58. The molecule has 0 spiro atoms. The van der Waals surface area contributed by atoms with Crippen LogP contribution in [0.25, 0.3) is 0 Å². The Morgan fingerprint density at radius 1 is 0.443 bits per heavy atom. The molecule has 61 heavy (non-hydrogen) atoms. The van der Waals surface area contributed by atoms with Gasteiger partial charge in [0.25, 0.3) is 0 Å². The van der Waals surface area contributed by atoms with Gasteiger partial charge in [0.1, 0.15) is 0 Å². The summed E-state index contributed by atoms with van der Waals surface area (Å²) in [5, 5.41) is 23.1. The first kappa shape index (κ1) is 59.6. The van der Waals surface area contributed by atoms with Gasteiger partial charge in [0.05, 0.1) is 25.4 Å². The molecule has 0 rings (SSSR count). The number of hydrogen-bond donors (Lipinski definition) is 3. The molecule has 0 heterocycles. The number of esters is 1. The minimum Gasteiger partial charge on any atom is -0.466 e. The van der Waals surface area contributed by atoms with Gasteiger partial charge in [0, 0.05) is 12.8 Å². The first-order chi connectivity index (χ1) is 30.0. The first-order valence-electron chi connectivity index (χ1n) is 27.5. The molecule has 0 saturated carbocycles. The molecule has 0 saturated heterocycles. The third-order valence-corrected chi connectivity index (χ3v) is 12.8. The molecule has 6 heteroatoms. The van der Waals surface area contributed by atoms with E-state index in [1.54, 1.807) is 6.08 Å². The van der Waals surface area contributed by atoms with Crippen molar-refractivity contribution in [2.75, 3.05) is 13.2 Å². The molecule has 0 aliphatic rings. The largest absolute Gasteiger partial charge is 0.466 e. The van der Waals surface area contributed by atoms with Gasteiger partial charge in [-0.25, -0.2) is 0 Å². The zero-order chi connectivity index (χ0) is 44.4. The smallest absolute Gasteiger partial charge is 0.305 e. The zero-order valence-corrected chi connectivity index (χ0v) is 41.2. The van der Waals surface area contributed by atoms with Gasteiger partial charge in [0.15, 0.2) is 0 Å². The second kappa shape index (κ2) is 51.2. The van der Waals surface area contributed by atoms with Crippen LogP contribution in [0.5, 0.6) is 0 Å². The normalized spacial score (nSPS) is 12.7. The van der Waals surface area contributed by atoms with Crippen molar-refractivity contribution in [2.24, 2.45) is 0 Å². The highest BCUT2D eigenvalue weighted by molar-refractivity contribution is 5.76. The number of aliphatic hydroxyl groups is 2. The van der Waals surface area contributed by atoms with Crippen LogP contribution in [0.4, 0.5) is 0 Å². The highest BCUT2D eigenvalue weighted by Gasteiger charge is 2.18. The van der Waals surface area contributed by atoms with Crippen LogP contribution >= 0.6 is 0 Å². The number of hydrogen-bond acceptors (Lipinski definition) is 5. The van der Waals surface area contributed by atoms with Gasteiger partial charge in [-0.15, -0.1) is 0 Å². The van der Waals surface area contributed by atoms with Crippen molar-refractivity contribution in [1.82, 2.24) is 5.32 Å². The van der Waals surface area contributed by atoms with E-state index in [0.717, 1.165) is 38.5 Å². The van der Waals surface area contributed by atoms with Gasteiger partial charge >= 0.3 is 5.97 Å². The van der Waals surface area contributed by atoms with Gasteiger partial charge in [-0.3, -0.25) is 9.59 Å². The molecule has 0 aromatic heterocycles. The third kappa shape index (κ3) is 47.9. The van der Waals surface area contributed by atoms with Crippen LogP contribution in [0.2, 0.25) is 0 Å². The lowest BCUT2D eigenvalue weighted by molar-refractivity contribution is -0.143. The van der Waals surface area contributed by atoms with E-state index in [-0.39, 0.29) is 18.5 Å². The third-order valence-electron chi connectivity index (χ3n) is 12.8. The van der Waals surface area contributed by atoms with Crippen molar-refractivity contribution >= 4 is 11.9 Å². The van der Waals surface area contributed by atoms with E-state index in [1.165, 1.54) is 238 Å². The molecule has 2 atom stereocenters. The Labute approximate surface area is 380 Å². The average Bonchev–Trinajstić information content (AvgIpc) is 3.26. The number of unbranched alkanes of at least 4 members (excludes halogenated alkanes) is 40. The number of allylic oxidation sites excluding steroid dienone is 1. The van der Waals surface area contributed by atoms with Crippen LogP contribution in [0.3, 0.4) is 0 Å². The van der Waals surface area contributed by atoms with Crippen LogP contribution in [0.1, 0.15) is 303 Å². The summed E-state index contributed by atoms with van der Waals surface area (Å²) in [7, 11) is 0. The number of aliphatic hydroxyl groups excluding tert-OH is 2. The molecule has 0 radical (unpaired) electrons. The van der Waals surface area contributed by atoms with E-state index in [4.69, 9.17) is 4.74 Å². The Balaban J connectivity index is 3.43. The van der Waals surface area contributed by atoms with E-state index < -0.39 is 12.1 Å². The summed E-state index contributed by atoms with van der Waals surface area (Å²) in [6.45, 7) is 4.90. The van der Waals surface area contributed by atoms with Crippen LogP contribution < -0.4 is 5.32 Å². The minimum atomic E-state index is -0.846. The summed E-state index contributed by atoms with van der Waals surface area (Å²) in [5.74, 6) is -0.0658. The highest BCUT2D eigenvalue weighted by atomic mass is 16.5. The average molecular weight is 862 g/mol. The number of nitrogens with one attached hydrogen (secondary N) is 1. The maximum Gasteiger partial charge on any atom is 0.305 e. The summed E-state index contributed by atoms with van der Waals surface area (Å²) in [4.78, 5) is 24.4. The molecule has 3 N–H and O–H groups in total. The molecule has 2 unspecified atom stereocenters. The standard InChI is InChI=1S/C55H107NO5/c1-3-5-7-9-11-13-15-17-24-27-31-35-39-43-47-53(58)52(51-57)56-54(59)48-44-40-36-32-28-25-21-19-18-20-22-26-30-34-38-42-46-50-61-55(60)49-45-41-37-33-29-23-16-14-12-10-8-6-4-2/h43,47,52-53,57-58H,3-42,44-46,48-51H2,1-2H3,(H,56,59)/b47-43+. The topological polar surface area (TPSA) is 95.9 Å². The molecule has 0 aliphatic carbocycles. The number of amides is 1. The summed E-state index contributed by atoms with van der Waals surface area (Å²) in [6.07, 6.45) is 59.3. The van der Waals surface area contributed by atoms with Gasteiger partial charge in [-0.05, 0) is 32.1 Å². The summed E-state index contributed by atoms with van der Waals surface area (Å²) < 4.78 is 5.47. The summed E-state index contributed by atoms with van der Waals surface area (Å²) in [6, 6.07) is -0.630. The number of rotatable bonds is 51. The summed E-state index contributed by atoms with van der Waals surface area (Å²) >= 11 is 0. The number of ether oxygens (including phenoxy) is 1. The van der Waals surface area contributed by atoms with E-state index in [2.05, 4.69) is 19.2 Å². The molecular formula is C55H107NO5. The van der Waals surface area contributed by atoms with Crippen LogP contribution in [-0.2, 0) is 14.3 Å².